The molecule has 0 aliphatic heterocycles. The van der Waals surface area contributed by atoms with E-state index in [1.807, 2.05) is 26.0 Å². The normalized spacial score (nSPS) is 10.7. The van der Waals surface area contributed by atoms with Gasteiger partial charge in [0.2, 0.25) is 0 Å². The van der Waals surface area contributed by atoms with Crippen LogP contribution >= 0.6 is 11.8 Å². The highest BCUT2D eigenvalue weighted by atomic mass is 32.2. The Bertz CT molecular complexity index is 564. The number of benzene rings is 1. The molecule has 0 aliphatic rings. The lowest BCUT2D eigenvalue weighted by molar-refractivity contribution is 0.623. The quantitative estimate of drug-likeness (QED) is 0.929. The van der Waals surface area contributed by atoms with E-state index in [4.69, 9.17) is 5.73 Å². The molecule has 0 amide bonds. The minimum Gasteiger partial charge on any atom is -0.330 e. The monoisotopic (exact) mass is 276 g/mol. The van der Waals surface area contributed by atoms with Crippen molar-refractivity contribution in [3.05, 3.63) is 53.0 Å². The van der Waals surface area contributed by atoms with Crippen LogP contribution in [0, 0.1) is 19.7 Å². The Hall–Kier alpha value is -1.39. The fourth-order valence-corrected chi connectivity index (χ4v) is 3.06. The summed E-state index contributed by atoms with van der Waals surface area (Å²) in [4.78, 5) is 5.51. The number of hydrogen-bond acceptors (Lipinski definition) is 3. The fourth-order valence-electron chi connectivity index (χ4n) is 1.97. The summed E-state index contributed by atoms with van der Waals surface area (Å²) in [5.74, 6) is -0.221. The van der Waals surface area contributed by atoms with E-state index in [-0.39, 0.29) is 5.82 Å². The van der Waals surface area contributed by atoms with Gasteiger partial charge < -0.3 is 5.73 Å². The van der Waals surface area contributed by atoms with Crippen molar-refractivity contribution in [2.75, 3.05) is 6.54 Å². The van der Waals surface area contributed by atoms with Crippen molar-refractivity contribution in [2.45, 2.75) is 30.2 Å². The molecular formula is C15H17FN2S. The van der Waals surface area contributed by atoms with Gasteiger partial charge in [-0.25, -0.2) is 9.37 Å². The van der Waals surface area contributed by atoms with E-state index in [0.717, 1.165) is 21.2 Å². The van der Waals surface area contributed by atoms with Gasteiger partial charge in [0.25, 0.3) is 0 Å². The number of halogens is 1. The molecule has 1 aromatic carbocycles. The molecule has 0 atom stereocenters. The zero-order valence-electron chi connectivity index (χ0n) is 11.1. The molecule has 0 radical (unpaired) electrons. The zero-order valence-corrected chi connectivity index (χ0v) is 11.9. The largest absolute Gasteiger partial charge is 0.330 e. The highest BCUT2D eigenvalue weighted by Crippen LogP contribution is 2.30. The van der Waals surface area contributed by atoms with Crippen molar-refractivity contribution in [1.82, 2.24) is 4.98 Å². The molecule has 0 spiro atoms. The van der Waals surface area contributed by atoms with Crippen LogP contribution in [0.25, 0.3) is 0 Å². The third kappa shape index (κ3) is 3.78. The average Bonchev–Trinajstić information content (AvgIpc) is 2.32. The summed E-state index contributed by atoms with van der Waals surface area (Å²) in [5.41, 5.74) is 8.68. The van der Waals surface area contributed by atoms with Crippen molar-refractivity contribution < 1.29 is 4.39 Å². The molecule has 2 N–H and O–H groups in total. The summed E-state index contributed by atoms with van der Waals surface area (Å²) >= 11 is 1.56. The van der Waals surface area contributed by atoms with E-state index in [1.165, 1.54) is 11.6 Å². The maximum Gasteiger partial charge on any atom is 0.123 e. The molecule has 2 nitrogen and oxygen atoms in total. The molecule has 1 aromatic heterocycles. The summed E-state index contributed by atoms with van der Waals surface area (Å²) in [5, 5.41) is 0.933. The van der Waals surface area contributed by atoms with E-state index < -0.39 is 0 Å². The lowest BCUT2D eigenvalue weighted by atomic mass is 10.1. The predicted octanol–water partition coefficient (Wildman–Crippen LogP) is 3.49. The molecule has 0 aliphatic carbocycles. The topological polar surface area (TPSA) is 38.9 Å². The van der Waals surface area contributed by atoms with Crippen LogP contribution in [0.15, 0.2) is 40.3 Å². The standard InChI is InChI=1S/C15H17FN2S/c1-10-7-11(2)18-15(8-10)19-14-4-3-13(16)9-12(14)5-6-17/h3-4,7-9H,5-6,17H2,1-2H3. The summed E-state index contributed by atoms with van der Waals surface area (Å²) in [6, 6.07) is 8.90. The predicted molar refractivity (Wildman–Crippen MR) is 77.0 cm³/mol. The molecule has 0 saturated carbocycles. The van der Waals surface area contributed by atoms with E-state index >= 15 is 0 Å². The van der Waals surface area contributed by atoms with Gasteiger partial charge in [0.05, 0.1) is 0 Å². The smallest absolute Gasteiger partial charge is 0.123 e. The third-order valence-electron chi connectivity index (χ3n) is 2.72. The lowest BCUT2D eigenvalue weighted by Gasteiger charge is -2.09. The molecule has 0 unspecified atom stereocenters. The first-order chi connectivity index (χ1) is 9.08. The zero-order chi connectivity index (χ0) is 13.8. The van der Waals surface area contributed by atoms with Gasteiger partial charge in [-0.1, -0.05) is 11.8 Å². The van der Waals surface area contributed by atoms with Crippen LogP contribution in [0.5, 0.6) is 0 Å². The van der Waals surface area contributed by atoms with Gasteiger partial charge in [0, 0.05) is 10.6 Å². The van der Waals surface area contributed by atoms with Gasteiger partial charge in [-0.15, -0.1) is 0 Å². The van der Waals surface area contributed by atoms with Crippen LogP contribution in [0.3, 0.4) is 0 Å². The van der Waals surface area contributed by atoms with E-state index in [0.29, 0.717) is 13.0 Å². The number of pyridine rings is 1. The van der Waals surface area contributed by atoms with Gasteiger partial charge in [0.1, 0.15) is 10.8 Å². The Morgan fingerprint density at radius 3 is 2.68 bits per heavy atom. The fraction of sp³-hybridized carbons (Fsp3) is 0.267. The second-order valence-corrected chi connectivity index (χ2v) is 5.58. The lowest BCUT2D eigenvalue weighted by Crippen LogP contribution is -2.04. The first kappa shape index (κ1) is 14.0. The maximum atomic E-state index is 13.3. The highest BCUT2D eigenvalue weighted by Gasteiger charge is 2.07. The molecule has 1 heterocycles. The van der Waals surface area contributed by atoms with E-state index in [2.05, 4.69) is 4.98 Å². The van der Waals surface area contributed by atoms with Crippen LogP contribution in [-0.4, -0.2) is 11.5 Å². The number of aromatic nitrogens is 1. The Labute approximate surface area is 117 Å². The highest BCUT2D eigenvalue weighted by molar-refractivity contribution is 7.99. The number of aryl methyl sites for hydroxylation is 2. The SMILES string of the molecule is Cc1cc(C)nc(Sc2ccc(F)cc2CCN)c1. The maximum absolute atomic E-state index is 13.3. The van der Waals surface area contributed by atoms with Gasteiger partial charge in [-0.05, 0) is 68.3 Å². The molecule has 0 fully saturated rings. The Morgan fingerprint density at radius 2 is 2.00 bits per heavy atom. The molecule has 0 bridgehead atoms. The van der Waals surface area contributed by atoms with Gasteiger partial charge in [-0.2, -0.15) is 0 Å². The van der Waals surface area contributed by atoms with E-state index in [9.17, 15) is 4.39 Å². The third-order valence-corrected chi connectivity index (χ3v) is 3.76. The second kappa shape index (κ2) is 6.17. The molecule has 2 aromatic rings. The number of nitrogens with two attached hydrogens (primary N) is 1. The second-order valence-electron chi connectivity index (χ2n) is 4.52. The van der Waals surface area contributed by atoms with Gasteiger partial charge in [0.15, 0.2) is 0 Å². The summed E-state index contributed by atoms with van der Waals surface area (Å²) < 4.78 is 13.3. The van der Waals surface area contributed by atoms with Crippen molar-refractivity contribution in [1.29, 1.82) is 0 Å². The van der Waals surface area contributed by atoms with Crippen LogP contribution in [-0.2, 0) is 6.42 Å². The molecule has 0 saturated heterocycles. The molecule has 19 heavy (non-hydrogen) atoms. The van der Waals surface area contributed by atoms with Gasteiger partial charge in [-0.3, -0.25) is 0 Å². The Balaban J connectivity index is 2.31. The van der Waals surface area contributed by atoms with Crippen molar-refractivity contribution >= 4 is 11.8 Å². The van der Waals surface area contributed by atoms with Crippen molar-refractivity contribution in [3.8, 4) is 0 Å². The van der Waals surface area contributed by atoms with Gasteiger partial charge >= 0.3 is 0 Å². The van der Waals surface area contributed by atoms with Crippen LogP contribution in [0.4, 0.5) is 4.39 Å². The minimum absolute atomic E-state index is 0.221. The summed E-state index contributed by atoms with van der Waals surface area (Å²) in [6.45, 7) is 4.53. The molecule has 4 heteroatoms. The molecule has 2 rings (SSSR count). The van der Waals surface area contributed by atoms with Crippen LogP contribution < -0.4 is 5.73 Å². The summed E-state index contributed by atoms with van der Waals surface area (Å²) in [7, 11) is 0. The number of rotatable bonds is 4. The minimum atomic E-state index is -0.221. The first-order valence-corrected chi connectivity index (χ1v) is 7.02. The molecule has 100 valence electrons. The number of hydrogen-bond donors (Lipinski definition) is 1. The molecular weight excluding hydrogens is 259 g/mol. The Morgan fingerprint density at radius 1 is 1.21 bits per heavy atom. The van der Waals surface area contributed by atoms with Crippen LogP contribution in [0.2, 0.25) is 0 Å². The van der Waals surface area contributed by atoms with Crippen molar-refractivity contribution in [3.63, 3.8) is 0 Å². The van der Waals surface area contributed by atoms with E-state index in [1.54, 1.807) is 23.9 Å². The summed E-state index contributed by atoms with van der Waals surface area (Å²) in [6.07, 6.45) is 0.672. The first-order valence-electron chi connectivity index (χ1n) is 6.20. The van der Waals surface area contributed by atoms with Crippen molar-refractivity contribution in [2.24, 2.45) is 5.73 Å². The average molecular weight is 276 g/mol. The number of nitrogens with zero attached hydrogens (tertiary/aromatic N) is 1. The van der Waals surface area contributed by atoms with Crippen LogP contribution in [0.1, 0.15) is 16.8 Å². The Kier molecular flexibility index (Phi) is 4.56.